The number of nitrogens with zero attached hydrogens (tertiary/aromatic N) is 1. The van der Waals surface area contributed by atoms with E-state index in [4.69, 9.17) is 0 Å². The van der Waals surface area contributed by atoms with Gasteiger partial charge in [0.1, 0.15) is 5.82 Å². The lowest BCUT2D eigenvalue weighted by molar-refractivity contribution is 0.627. The van der Waals surface area contributed by atoms with Crippen molar-refractivity contribution in [2.24, 2.45) is 0 Å². The number of hydrogen-bond acceptors (Lipinski definition) is 1. The Balaban J connectivity index is 2.64. The molecule has 2 aromatic rings. The van der Waals surface area contributed by atoms with Crippen LogP contribution in [0.4, 0.5) is 4.39 Å². The average molecular weight is 347 g/mol. The Labute approximate surface area is 108 Å². The second-order valence-electron chi connectivity index (χ2n) is 3.16. The molecule has 0 aliphatic carbocycles. The number of halogens is 3. The lowest BCUT2D eigenvalue weighted by Gasteiger charge is -2.06. The quantitative estimate of drug-likeness (QED) is 0.774. The molecule has 1 aromatic carbocycles. The van der Waals surface area contributed by atoms with Crippen LogP contribution in [0.3, 0.4) is 0 Å². The number of benzene rings is 1. The zero-order valence-electron chi connectivity index (χ0n) is 7.95. The summed E-state index contributed by atoms with van der Waals surface area (Å²) in [7, 11) is 0. The smallest absolute Gasteiger partial charge is 0.269 e. The van der Waals surface area contributed by atoms with Gasteiger partial charge in [0, 0.05) is 16.4 Å². The third-order valence-corrected chi connectivity index (χ3v) is 3.05. The lowest BCUT2D eigenvalue weighted by atomic mass is 10.3. The number of aromatic nitrogens is 1. The van der Waals surface area contributed by atoms with Crippen molar-refractivity contribution in [1.29, 1.82) is 0 Å². The number of pyridine rings is 1. The van der Waals surface area contributed by atoms with Gasteiger partial charge in [0.15, 0.2) is 0 Å². The summed E-state index contributed by atoms with van der Waals surface area (Å²) < 4.78 is 15.4. The highest BCUT2D eigenvalue weighted by molar-refractivity contribution is 9.11. The van der Waals surface area contributed by atoms with E-state index in [0.717, 1.165) is 4.47 Å². The van der Waals surface area contributed by atoms with Crippen molar-refractivity contribution in [3.05, 3.63) is 61.6 Å². The Morgan fingerprint density at radius 2 is 1.75 bits per heavy atom. The summed E-state index contributed by atoms with van der Waals surface area (Å²) in [6.45, 7) is 0. The van der Waals surface area contributed by atoms with Crippen molar-refractivity contribution in [2.45, 2.75) is 0 Å². The number of rotatable bonds is 1. The van der Waals surface area contributed by atoms with Crippen molar-refractivity contribution >= 4 is 31.9 Å². The predicted octanol–water partition coefficient (Wildman–Crippen LogP) is 3.50. The molecule has 0 atom stereocenters. The summed E-state index contributed by atoms with van der Waals surface area (Å²) in [4.78, 5) is 11.8. The van der Waals surface area contributed by atoms with Crippen molar-refractivity contribution < 1.29 is 4.39 Å². The van der Waals surface area contributed by atoms with Crippen molar-refractivity contribution in [3.8, 4) is 5.69 Å². The largest absolute Gasteiger partial charge is 0.282 e. The maximum Gasteiger partial charge on any atom is 0.269 e. The van der Waals surface area contributed by atoms with E-state index in [9.17, 15) is 9.18 Å². The molecule has 82 valence electrons. The SMILES string of the molecule is O=c1c(Br)cc(Br)cn1-c1ccc(F)cc1. The fraction of sp³-hybridized carbons (Fsp3) is 0. The summed E-state index contributed by atoms with van der Waals surface area (Å²) in [5.74, 6) is -0.328. The Kier molecular flexibility index (Phi) is 3.25. The first-order valence-corrected chi connectivity index (χ1v) is 6.00. The molecule has 0 aliphatic heterocycles. The maximum absolute atomic E-state index is 12.8. The third kappa shape index (κ3) is 2.25. The van der Waals surface area contributed by atoms with Gasteiger partial charge in [0.05, 0.1) is 4.47 Å². The highest BCUT2D eigenvalue weighted by atomic mass is 79.9. The van der Waals surface area contributed by atoms with E-state index in [1.165, 1.54) is 16.7 Å². The van der Waals surface area contributed by atoms with Gasteiger partial charge in [0.2, 0.25) is 0 Å². The van der Waals surface area contributed by atoms with Crippen LogP contribution in [0.2, 0.25) is 0 Å². The molecule has 0 radical (unpaired) electrons. The van der Waals surface area contributed by atoms with Crippen LogP contribution in [0.15, 0.2) is 50.3 Å². The molecular formula is C11H6Br2FNO. The second-order valence-corrected chi connectivity index (χ2v) is 4.93. The standard InChI is InChI=1S/C11H6Br2FNO/c12-7-5-10(13)11(16)15(6-7)9-3-1-8(14)2-4-9/h1-6H. The second kappa shape index (κ2) is 4.51. The van der Waals surface area contributed by atoms with Crippen LogP contribution in [-0.2, 0) is 0 Å². The van der Waals surface area contributed by atoms with E-state index in [-0.39, 0.29) is 11.4 Å². The van der Waals surface area contributed by atoms with Crippen LogP contribution in [0.1, 0.15) is 0 Å². The fourth-order valence-corrected chi connectivity index (χ4v) is 2.49. The van der Waals surface area contributed by atoms with E-state index >= 15 is 0 Å². The Hall–Kier alpha value is -0.940. The van der Waals surface area contributed by atoms with Crippen LogP contribution in [-0.4, -0.2) is 4.57 Å². The minimum absolute atomic E-state index is 0.185. The summed E-state index contributed by atoms with van der Waals surface area (Å²) in [5.41, 5.74) is 0.434. The first kappa shape index (κ1) is 11.5. The van der Waals surface area contributed by atoms with E-state index in [0.29, 0.717) is 10.2 Å². The number of hydrogen-bond donors (Lipinski definition) is 0. The van der Waals surface area contributed by atoms with E-state index < -0.39 is 0 Å². The monoisotopic (exact) mass is 345 g/mol. The van der Waals surface area contributed by atoms with Crippen molar-refractivity contribution in [3.63, 3.8) is 0 Å². The van der Waals surface area contributed by atoms with Crippen molar-refractivity contribution in [2.75, 3.05) is 0 Å². The molecule has 0 saturated heterocycles. The molecule has 0 spiro atoms. The molecule has 1 heterocycles. The van der Waals surface area contributed by atoms with Crippen LogP contribution in [0, 0.1) is 5.82 Å². The first-order chi connectivity index (χ1) is 7.58. The molecule has 2 nitrogen and oxygen atoms in total. The summed E-state index contributed by atoms with van der Waals surface area (Å²) in [5, 5.41) is 0. The molecule has 0 aliphatic rings. The molecule has 16 heavy (non-hydrogen) atoms. The van der Waals surface area contributed by atoms with E-state index in [1.54, 1.807) is 24.4 Å². The van der Waals surface area contributed by atoms with Gasteiger partial charge in [-0.1, -0.05) is 0 Å². The van der Waals surface area contributed by atoms with Gasteiger partial charge in [-0.3, -0.25) is 9.36 Å². The molecule has 0 amide bonds. The Morgan fingerprint density at radius 1 is 1.12 bits per heavy atom. The molecular weight excluding hydrogens is 341 g/mol. The van der Waals surface area contributed by atoms with Crippen LogP contribution in [0.5, 0.6) is 0 Å². The van der Waals surface area contributed by atoms with Gasteiger partial charge in [-0.15, -0.1) is 0 Å². The van der Waals surface area contributed by atoms with Gasteiger partial charge in [-0.05, 0) is 62.2 Å². The highest BCUT2D eigenvalue weighted by Gasteiger charge is 2.05. The zero-order valence-corrected chi connectivity index (χ0v) is 11.1. The molecule has 2 rings (SSSR count). The minimum Gasteiger partial charge on any atom is -0.282 e. The predicted molar refractivity (Wildman–Crippen MR) is 67.4 cm³/mol. The Morgan fingerprint density at radius 3 is 2.38 bits per heavy atom. The molecule has 0 N–H and O–H groups in total. The van der Waals surface area contributed by atoms with E-state index in [2.05, 4.69) is 31.9 Å². The Bertz CT molecular complexity index is 578. The van der Waals surface area contributed by atoms with E-state index in [1.807, 2.05) is 0 Å². The summed E-state index contributed by atoms with van der Waals surface area (Å²) in [6, 6.07) is 7.40. The summed E-state index contributed by atoms with van der Waals surface area (Å²) in [6.07, 6.45) is 1.64. The van der Waals surface area contributed by atoms with Crippen LogP contribution < -0.4 is 5.56 Å². The topological polar surface area (TPSA) is 22.0 Å². The zero-order chi connectivity index (χ0) is 11.7. The van der Waals surface area contributed by atoms with Crippen LogP contribution >= 0.6 is 31.9 Å². The molecule has 0 bridgehead atoms. The maximum atomic E-state index is 12.8. The van der Waals surface area contributed by atoms with Gasteiger partial charge >= 0.3 is 0 Å². The van der Waals surface area contributed by atoms with Gasteiger partial charge in [-0.2, -0.15) is 0 Å². The van der Waals surface area contributed by atoms with Gasteiger partial charge < -0.3 is 0 Å². The first-order valence-electron chi connectivity index (χ1n) is 4.41. The third-order valence-electron chi connectivity index (χ3n) is 2.04. The molecule has 5 heteroatoms. The highest BCUT2D eigenvalue weighted by Crippen LogP contribution is 2.16. The van der Waals surface area contributed by atoms with Gasteiger partial charge in [-0.25, -0.2) is 4.39 Å². The minimum atomic E-state index is -0.328. The van der Waals surface area contributed by atoms with Crippen molar-refractivity contribution in [1.82, 2.24) is 4.57 Å². The average Bonchev–Trinajstić information content (AvgIpc) is 2.25. The lowest BCUT2D eigenvalue weighted by Crippen LogP contribution is -2.18. The van der Waals surface area contributed by atoms with Gasteiger partial charge in [0.25, 0.3) is 5.56 Å². The fourth-order valence-electron chi connectivity index (χ4n) is 1.31. The molecule has 0 unspecified atom stereocenters. The molecule has 1 aromatic heterocycles. The molecule has 0 fully saturated rings. The van der Waals surface area contributed by atoms with Crippen LogP contribution in [0.25, 0.3) is 5.69 Å². The normalized spacial score (nSPS) is 10.4. The molecule has 0 saturated carbocycles. The summed E-state index contributed by atoms with van der Waals surface area (Å²) >= 11 is 6.47.